The molecule has 0 saturated carbocycles. The Morgan fingerprint density at radius 2 is 1.93 bits per heavy atom. The van der Waals surface area contributed by atoms with Crippen molar-refractivity contribution in [2.24, 2.45) is 5.92 Å². The summed E-state index contributed by atoms with van der Waals surface area (Å²) in [6, 6.07) is 7.26. The molecule has 2 aromatic rings. The van der Waals surface area contributed by atoms with Gasteiger partial charge in [0.2, 0.25) is 5.91 Å². The highest BCUT2D eigenvalue weighted by molar-refractivity contribution is 7.14. The lowest BCUT2D eigenvalue weighted by Crippen LogP contribution is -2.42. The van der Waals surface area contributed by atoms with Gasteiger partial charge in [-0.1, -0.05) is 19.4 Å². The van der Waals surface area contributed by atoms with Crippen LogP contribution in [0.2, 0.25) is 0 Å². The standard InChI is InChI=1S/C21H26N2O4S/c1-4-13-6-8-18-15(9-13)12-19(28-18)21(25)23-22-20(24)11-14-5-7-16(26-2)17(10-14)27-3/h5,7,10,12-13H,4,6,8-9,11H2,1-3H3,(H,22,24)(H,23,25)/t13-/m0/s1. The van der Waals surface area contributed by atoms with Crippen molar-refractivity contribution in [2.75, 3.05) is 14.2 Å². The summed E-state index contributed by atoms with van der Waals surface area (Å²) in [6.45, 7) is 2.21. The summed E-state index contributed by atoms with van der Waals surface area (Å²) in [5.41, 5.74) is 7.06. The van der Waals surface area contributed by atoms with Gasteiger partial charge >= 0.3 is 0 Å². The van der Waals surface area contributed by atoms with Gasteiger partial charge in [0.15, 0.2) is 11.5 Å². The fourth-order valence-electron chi connectivity index (χ4n) is 3.47. The quantitative estimate of drug-likeness (QED) is 0.727. The van der Waals surface area contributed by atoms with Crippen LogP contribution in [-0.4, -0.2) is 26.0 Å². The first kappa shape index (κ1) is 20.2. The molecule has 1 aromatic carbocycles. The number of hydrogen-bond donors (Lipinski definition) is 2. The molecule has 6 nitrogen and oxygen atoms in total. The van der Waals surface area contributed by atoms with E-state index in [0.717, 1.165) is 18.4 Å². The van der Waals surface area contributed by atoms with E-state index in [4.69, 9.17) is 9.47 Å². The molecule has 0 aliphatic heterocycles. The van der Waals surface area contributed by atoms with Crippen molar-refractivity contribution < 1.29 is 19.1 Å². The summed E-state index contributed by atoms with van der Waals surface area (Å²) < 4.78 is 10.4. The van der Waals surface area contributed by atoms with Gasteiger partial charge in [0.25, 0.3) is 5.91 Å². The maximum absolute atomic E-state index is 12.4. The molecule has 0 fully saturated rings. The number of hydrazine groups is 1. The average Bonchev–Trinajstić information content (AvgIpc) is 3.15. The first-order valence-corrected chi connectivity index (χ1v) is 10.3. The molecule has 1 aliphatic rings. The van der Waals surface area contributed by atoms with Gasteiger partial charge in [0.1, 0.15) is 0 Å². The van der Waals surface area contributed by atoms with Crippen LogP contribution in [-0.2, 0) is 24.1 Å². The molecule has 0 spiro atoms. The number of thiophene rings is 1. The largest absolute Gasteiger partial charge is 0.493 e. The number of rotatable bonds is 6. The summed E-state index contributed by atoms with van der Waals surface area (Å²) in [5, 5.41) is 0. The Labute approximate surface area is 169 Å². The number of hydrogen-bond acceptors (Lipinski definition) is 5. The molecule has 0 bridgehead atoms. The zero-order chi connectivity index (χ0) is 20.1. The zero-order valence-corrected chi connectivity index (χ0v) is 17.3. The van der Waals surface area contributed by atoms with Crippen LogP contribution in [0.5, 0.6) is 11.5 Å². The summed E-state index contributed by atoms with van der Waals surface area (Å²) in [6.07, 6.45) is 4.56. The molecule has 1 aliphatic carbocycles. The van der Waals surface area contributed by atoms with E-state index in [1.165, 1.54) is 34.6 Å². The third kappa shape index (κ3) is 4.65. The van der Waals surface area contributed by atoms with Gasteiger partial charge in [-0.05, 0) is 54.5 Å². The van der Waals surface area contributed by atoms with Crippen LogP contribution in [0.25, 0.3) is 0 Å². The minimum Gasteiger partial charge on any atom is -0.493 e. The Hall–Kier alpha value is -2.54. The Morgan fingerprint density at radius 3 is 2.64 bits per heavy atom. The molecule has 0 radical (unpaired) electrons. The highest BCUT2D eigenvalue weighted by Gasteiger charge is 2.22. The normalized spacial score (nSPS) is 15.5. The molecular weight excluding hydrogens is 376 g/mol. The highest BCUT2D eigenvalue weighted by Crippen LogP contribution is 2.33. The van der Waals surface area contributed by atoms with Gasteiger partial charge in [-0.25, -0.2) is 0 Å². The zero-order valence-electron chi connectivity index (χ0n) is 16.5. The van der Waals surface area contributed by atoms with Gasteiger partial charge in [-0.2, -0.15) is 0 Å². The Bertz CT molecular complexity index is 862. The topological polar surface area (TPSA) is 76.7 Å². The Kier molecular flexibility index (Phi) is 6.57. The molecule has 0 unspecified atom stereocenters. The Balaban J connectivity index is 1.55. The third-order valence-corrected chi connectivity index (χ3v) is 6.35. The molecule has 2 N–H and O–H groups in total. The van der Waals surface area contributed by atoms with Crippen molar-refractivity contribution in [3.63, 3.8) is 0 Å². The third-order valence-electron chi connectivity index (χ3n) is 5.11. The van der Waals surface area contributed by atoms with Crippen molar-refractivity contribution in [3.8, 4) is 11.5 Å². The van der Waals surface area contributed by atoms with Gasteiger partial charge < -0.3 is 9.47 Å². The van der Waals surface area contributed by atoms with Crippen molar-refractivity contribution in [3.05, 3.63) is 45.1 Å². The average molecular weight is 403 g/mol. The van der Waals surface area contributed by atoms with Gasteiger partial charge in [-0.15, -0.1) is 11.3 Å². The predicted molar refractivity (Wildman–Crippen MR) is 109 cm³/mol. The maximum Gasteiger partial charge on any atom is 0.279 e. The summed E-state index contributed by atoms with van der Waals surface area (Å²) in [7, 11) is 3.11. The van der Waals surface area contributed by atoms with Crippen molar-refractivity contribution >= 4 is 23.2 Å². The number of benzene rings is 1. The number of carbonyl (C=O) groups excluding carboxylic acids is 2. The smallest absolute Gasteiger partial charge is 0.279 e. The number of aryl methyl sites for hydroxylation is 1. The maximum atomic E-state index is 12.4. The molecule has 150 valence electrons. The van der Waals surface area contributed by atoms with E-state index in [2.05, 4.69) is 17.8 Å². The van der Waals surface area contributed by atoms with E-state index in [-0.39, 0.29) is 18.2 Å². The second kappa shape index (κ2) is 9.10. The van der Waals surface area contributed by atoms with Crippen molar-refractivity contribution in [1.29, 1.82) is 0 Å². The van der Waals surface area contributed by atoms with Gasteiger partial charge in [0, 0.05) is 4.88 Å². The lowest BCUT2D eigenvalue weighted by atomic mass is 9.87. The number of amides is 2. The van der Waals surface area contributed by atoms with Crippen LogP contribution >= 0.6 is 11.3 Å². The molecule has 3 rings (SSSR count). The molecule has 28 heavy (non-hydrogen) atoms. The number of ether oxygens (including phenoxy) is 2. The first-order valence-electron chi connectivity index (χ1n) is 9.45. The number of nitrogens with one attached hydrogen (secondary N) is 2. The summed E-state index contributed by atoms with van der Waals surface area (Å²) in [4.78, 5) is 26.5. The van der Waals surface area contributed by atoms with Crippen molar-refractivity contribution in [2.45, 2.75) is 39.0 Å². The SMILES string of the molecule is CC[C@H]1CCc2sc(C(=O)NNC(=O)Cc3ccc(OC)c(OC)c3)cc2C1. The van der Waals surface area contributed by atoms with Gasteiger partial charge in [0.05, 0.1) is 25.5 Å². The number of methoxy groups -OCH3 is 2. The van der Waals surface area contributed by atoms with Gasteiger partial charge in [-0.3, -0.25) is 20.4 Å². The second-order valence-corrected chi connectivity index (χ2v) is 8.08. The lowest BCUT2D eigenvalue weighted by molar-refractivity contribution is -0.121. The lowest BCUT2D eigenvalue weighted by Gasteiger charge is -2.19. The minimum absolute atomic E-state index is 0.125. The highest BCUT2D eigenvalue weighted by atomic mass is 32.1. The first-order chi connectivity index (χ1) is 13.5. The van der Waals surface area contributed by atoms with Crippen LogP contribution in [0.15, 0.2) is 24.3 Å². The molecule has 1 heterocycles. The minimum atomic E-state index is -0.298. The van der Waals surface area contributed by atoms with E-state index in [1.54, 1.807) is 32.4 Å². The Morgan fingerprint density at radius 1 is 1.14 bits per heavy atom. The van der Waals surface area contributed by atoms with E-state index in [0.29, 0.717) is 22.3 Å². The molecule has 2 amide bonds. The van der Waals surface area contributed by atoms with Crippen LogP contribution in [0.1, 0.15) is 45.4 Å². The molecule has 1 aromatic heterocycles. The van der Waals surface area contributed by atoms with E-state index in [9.17, 15) is 9.59 Å². The number of fused-ring (bicyclic) bond motifs is 1. The molecule has 1 atom stereocenters. The fraction of sp³-hybridized carbons (Fsp3) is 0.429. The van der Waals surface area contributed by atoms with Crippen LogP contribution in [0.4, 0.5) is 0 Å². The monoisotopic (exact) mass is 402 g/mol. The van der Waals surface area contributed by atoms with Crippen molar-refractivity contribution in [1.82, 2.24) is 10.9 Å². The van der Waals surface area contributed by atoms with Crippen LogP contribution < -0.4 is 20.3 Å². The number of carbonyl (C=O) groups is 2. The molecular formula is C21H26N2O4S. The fourth-order valence-corrected chi connectivity index (χ4v) is 4.57. The van der Waals surface area contributed by atoms with E-state index < -0.39 is 0 Å². The van der Waals surface area contributed by atoms with E-state index >= 15 is 0 Å². The predicted octanol–water partition coefficient (Wildman–Crippen LogP) is 3.28. The second-order valence-electron chi connectivity index (χ2n) is 6.94. The molecule has 7 heteroatoms. The molecule has 0 saturated heterocycles. The van der Waals surface area contributed by atoms with Crippen LogP contribution in [0.3, 0.4) is 0 Å². The summed E-state index contributed by atoms with van der Waals surface area (Å²) >= 11 is 1.53. The summed E-state index contributed by atoms with van der Waals surface area (Å²) in [5.74, 6) is 1.30. The van der Waals surface area contributed by atoms with E-state index in [1.807, 2.05) is 6.07 Å². The van der Waals surface area contributed by atoms with Crippen LogP contribution in [0, 0.1) is 5.92 Å².